The van der Waals surface area contributed by atoms with Crippen molar-refractivity contribution < 1.29 is 29.4 Å². The van der Waals surface area contributed by atoms with Crippen molar-refractivity contribution in [1.82, 2.24) is 10.2 Å². The summed E-state index contributed by atoms with van der Waals surface area (Å²) in [5.41, 5.74) is -1.19. The standard InChI is InChI=1S/C12H16BF4N2O3S/c1-9-11(13(14,15)16)6-10(7-12(9)22-23(17,20)21)8-19-4-2-18-3-5-19/h6-7,18H,2-5,8H2,1H3/q-1. The molecular formula is C12H16BF4N2O3S-. The first kappa shape index (κ1) is 18.0. The highest BCUT2D eigenvalue weighted by Gasteiger charge is 2.30. The van der Waals surface area contributed by atoms with Crippen molar-refractivity contribution in [2.45, 2.75) is 13.5 Å². The van der Waals surface area contributed by atoms with Crippen molar-refractivity contribution in [1.29, 1.82) is 0 Å². The Morgan fingerprint density at radius 1 is 1.26 bits per heavy atom. The van der Waals surface area contributed by atoms with Crippen molar-refractivity contribution in [2.24, 2.45) is 0 Å². The van der Waals surface area contributed by atoms with Crippen LogP contribution in [0.2, 0.25) is 0 Å². The molecule has 0 aromatic heterocycles. The maximum Gasteiger partial charge on any atom is 0.510 e. The van der Waals surface area contributed by atoms with Gasteiger partial charge in [-0.1, -0.05) is 9.95 Å². The van der Waals surface area contributed by atoms with Crippen LogP contribution in [0.5, 0.6) is 5.75 Å². The molecule has 0 spiro atoms. The van der Waals surface area contributed by atoms with Crippen molar-refractivity contribution in [3.05, 3.63) is 23.3 Å². The van der Waals surface area contributed by atoms with E-state index in [0.29, 0.717) is 26.2 Å². The van der Waals surface area contributed by atoms with Gasteiger partial charge in [0.15, 0.2) is 0 Å². The monoisotopic (exact) mass is 355 g/mol. The molecule has 0 aliphatic carbocycles. The Hall–Kier alpha value is -1.33. The minimum Gasteiger partial charge on any atom is -0.445 e. The van der Waals surface area contributed by atoms with Crippen LogP contribution in [0.3, 0.4) is 0 Å². The molecule has 0 radical (unpaired) electrons. The van der Waals surface area contributed by atoms with E-state index in [-0.39, 0.29) is 12.1 Å². The molecule has 1 aliphatic heterocycles. The quantitative estimate of drug-likeness (QED) is 0.486. The van der Waals surface area contributed by atoms with E-state index < -0.39 is 34.3 Å². The third kappa shape index (κ3) is 5.08. The molecular weight excluding hydrogens is 339 g/mol. The van der Waals surface area contributed by atoms with Gasteiger partial charge in [0, 0.05) is 32.7 Å². The number of nitrogens with zero attached hydrogens (tertiary/aromatic N) is 1. The molecule has 1 aromatic rings. The van der Waals surface area contributed by atoms with Gasteiger partial charge in [0.1, 0.15) is 5.75 Å². The first-order chi connectivity index (χ1) is 10.6. The summed E-state index contributed by atoms with van der Waals surface area (Å²) < 4.78 is 77.6. The normalized spacial score (nSPS) is 17.3. The van der Waals surface area contributed by atoms with Gasteiger partial charge in [-0.05, 0) is 24.1 Å². The summed E-state index contributed by atoms with van der Waals surface area (Å²) in [4.78, 5) is 1.92. The summed E-state index contributed by atoms with van der Waals surface area (Å²) in [7, 11) is -5.40. The molecule has 1 N–H and O–H groups in total. The number of rotatable bonds is 5. The second-order valence-corrected chi connectivity index (χ2v) is 6.34. The number of benzene rings is 1. The maximum atomic E-state index is 13.2. The molecule has 2 rings (SSSR count). The molecule has 0 bridgehead atoms. The first-order valence-corrected chi connectivity index (χ1v) is 8.27. The molecule has 130 valence electrons. The zero-order valence-corrected chi connectivity index (χ0v) is 13.2. The van der Waals surface area contributed by atoms with E-state index in [2.05, 4.69) is 9.50 Å². The molecule has 0 atom stereocenters. The fourth-order valence-electron chi connectivity index (χ4n) is 2.52. The Labute approximate surface area is 132 Å². The highest BCUT2D eigenvalue weighted by Crippen LogP contribution is 2.25. The van der Waals surface area contributed by atoms with Gasteiger partial charge in [-0.3, -0.25) is 4.90 Å². The Balaban J connectivity index is 2.39. The summed E-state index contributed by atoms with van der Waals surface area (Å²) in [6, 6.07) is 2.11. The predicted octanol–water partition coefficient (Wildman–Crippen LogP) is 1.05. The third-order valence-electron chi connectivity index (χ3n) is 3.62. The van der Waals surface area contributed by atoms with Gasteiger partial charge in [0.05, 0.1) is 0 Å². The molecule has 1 fully saturated rings. The van der Waals surface area contributed by atoms with Crippen LogP contribution < -0.4 is 15.0 Å². The van der Waals surface area contributed by atoms with Gasteiger partial charge < -0.3 is 22.4 Å². The fraction of sp³-hybridized carbons (Fsp3) is 0.500. The molecule has 0 unspecified atom stereocenters. The predicted molar refractivity (Wildman–Crippen MR) is 78.7 cm³/mol. The number of hydrogen-bond acceptors (Lipinski definition) is 5. The second-order valence-electron chi connectivity index (χ2n) is 5.39. The van der Waals surface area contributed by atoms with Crippen LogP contribution in [0.1, 0.15) is 11.1 Å². The van der Waals surface area contributed by atoms with Crippen LogP contribution in [0.25, 0.3) is 0 Å². The topological polar surface area (TPSA) is 58.6 Å². The lowest BCUT2D eigenvalue weighted by Gasteiger charge is -2.28. The Bertz CT molecular complexity index is 676. The van der Waals surface area contributed by atoms with E-state index >= 15 is 0 Å². The summed E-state index contributed by atoms with van der Waals surface area (Å²) >= 11 is 0. The summed E-state index contributed by atoms with van der Waals surface area (Å²) in [6.07, 6.45) is 0. The Kier molecular flexibility index (Phi) is 5.22. The minimum atomic E-state index is -5.40. The molecule has 1 saturated heterocycles. The summed E-state index contributed by atoms with van der Waals surface area (Å²) in [6.45, 7) is -1.40. The lowest BCUT2D eigenvalue weighted by atomic mass is 9.76. The van der Waals surface area contributed by atoms with E-state index in [0.717, 1.165) is 19.1 Å². The number of halogens is 4. The molecule has 1 heterocycles. The van der Waals surface area contributed by atoms with Gasteiger partial charge in [0.25, 0.3) is 0 Å². The third-order valence-corrected chi connectivity index (χ3v) is 4.00. The largest absolute Gasteiger partial charge is 0.510 e. The van der Waals surface area contributed by atoms with Crippen LogP contribution >= 0.6 is 0 Å². The van der Waals surface area contributed by atoms with E-state index in [4.69, 9.17) is 0 Å². The van der Waals surface area contributed by atoms with E-state index in [1.165, 1.54) is 0 Å². The van der Waals surface area contributed by atoms with Crippen molar-refractivity contribution >= 4 is 22.9 Å². The lowest BCUT2D eigenvalue weighted by molar-refractivity contribution is 0.233. The zero-order valence-electron chi connectivity index (χ0n) is 12.4. The Morgan fingerprint density at radius 3 is 2.39 bits per heavy atom. The van der Waals surface area contributed by atoms with E-state index in [9.17, 15) is 25.3 Å². The van der Waals surface area contributed by atoms with Crippen LogP contribution in [0, 0.1) is 6.92 Å². The van der Waals surface area contributed by atoms with Crippen LogP contribution in [0.4, 0.5) is 16.8 Å². The fourth-order valence-corrected chi connectivity index (χ4v) is 2.91. The van der Waals surface area contributed by atoms with Gasteiger partial charge >= 0.3 is 17.5 Å². The smallest absolute Gasteiger partial charge is 0.445 e. The van der Waals surface area contributed by atoms with Crippen LogP contribution in [-0.2, 0) is 17.0 Å². The Morgan fingerprint density at radius 2 is 1.87 bits per heavy atom. The number of nitrogens with one attached hydrogen (secondary N) is 1. The molecule has 1 aliphatic rings. The molecule has 23 heavy (non-hydrogen) atoms. The summed E-state index contributed by atoms with van der Waals surface area (Å²) in [5.74, 6) is -0.630. The molecule has 0 amide bonds. The van der Waals surface area contributed by atoms with Gasteiger partial charge in [-0.25, -0.2) is 0 Å². The minimum absolute atomic E-state index is 0.198. The number of piperazine rings is 1. The van der Waals surface area contributed by atoms with Crippen molar-refractivity contribution in [2.75, 3.05) is 26.2 Å². The van der Waals surface area contributed by atoms with E-state index in [1.54, 1.807) is 0 Å². The van der Waals surface area contributed by atoms with Gasteiger partial charge in [0.2, 0.25) is 0 Å². The molecule has 11 heteroatoms. The van der Waals surface area contributed by atoms with Crippen molar-refractivity contribution in [3.8, 4) is 5.75 Å². The molecule has 0 saturated carbocycles. The molecule has 5 nitrogen and oxygen atoms in total. The second kappa shape index (κ2) is 6.66. The SMILES string of the molecule is Cc1c(OS(=O)(=O)F)cc(CN2CCNCC2)cc1[B-](F)(F)F. The van der Waals surface area contributed by atoms with Crippen LogP contribution in [0.15, 0.2) is 12.1 Å². The van der Waals surface area contributed by atoms with Gasteiger partial charge in [-0.2, -0.15) is 8.42 Å². The highest BCUT2D eigenvalue weighted by atomic mass is 32.3. The van der Waals surface area contributed by atoms with Crippen LogP contribution in [-0.4, -0.2) is 46.5 Å². The summed E-state index contributed by atoms with van der Waals surface area (Å²) in [5, 5.41) is 3.12. The average Bonchev–Trinajstić information content (AvgIpc) is 2.40. The maximum absolute atomic E-state index is 13.2. The number of hydrogen-bond donors (Lipinski definition) is 1. The van der Waals surface area contributed by atoms with E-state index in [1.807, 2.05) is 4.90 Å². The molecule has 1 aromatic carbocycles. The first-order valence-electron chi connectivity index (χ1n) is 6.97. The zero-order chi connectivity index (χ0) is 17.3. The van der Waals surface area contributed by atoms with Gasteiger partial charge in [-0.15, -0.1) is 5.46 Å². The van der Waals surface area contributed by atoms with Crippen molar-refractivity contribution in [3.63, 3.8) is 0 Å². The highest BCUT2D eigenvalue weighted by molar-refractivity contribution is 7.81. The lowest BCUT2D eigenvalue weighted by Crippen LogP contribution is -2.43. The average molecular weight is 355 g/mol.